The first-order valence-electron chi connectivity index (χ1n) is 6.85. The maximum absolute atomic E-state index is 12.6. The Morgan fingerprint density at radius 3 is 2.76 bits per heavy atom. The molecular weight excluding hydrogens is 288 g/mol. The van der Waals surface area contributed by atoms with E-state index in [1.54, 1.807) is 30.6 Å². The van der Waals surface area contributed by atoms with Crippen LogP contribution in [0.3, 0.4) is 0 Å². The summed E-state index contributed by atoms with van der Waals surface area (Å²) in [5.74, 6) is 0. The fourth-order valence-electron chi connectivity index (χ4n) is 2.68. The average Bonchev–Trinajstić information content (AvgIpc) is 2.46. The van der Waals surface area contributed by atoms with E-state index in [0.717, 1.165) is 5.39 Å². The summed E-state index contributed by atoms with van der Waals surface area (Å²) in [6.07, 6.45) is 3.20. The molecule has 0 amide bonds. The van der Waals surface area contributed by atoms with Crippen LogP contribution < -0.4 is 4.72 Å². The summed E-state index contributed by atoms with van der Waals surface area (Å²) in [5, 5.41) is 11.2. The van der Waals surface area contributed by atoms with Crippen LogP contribution in [0, 0.1) is 5.41 Å². The molecule has 2 atom stereocenters. The van der Waals surface area contributed by atoms with Crippen molar-refractivity contribution in [1.29, 1.82) is 0 Å². The normalized spacial score (nSPS) is 24.7. The zero-order chi connectivity index (χ0) is 15.3. The molecular formula is C15H18N2O3S. The Hall–Kier alpha value is -1.50. The lowest BCUT2D eigenvalue weighted by molar-refractivity contribution is -0.0645. The number of rotatable bonds is 3. The van der Waals surface area contributed by atoms with Crippen molar-refractivity contribution in [2.75, 3.05) is 0 Å². The van der Waals surface area contributed by atoms with E-state index in [4.69, 9.17) is 0 Å². The van der Waals surface area contributed by atoms with Crippen LogP contribution in [0.25, 0.3) is 10.8 Å². The number of aromatic nitrogens is 1. The lowest BCUT2D eigenvalue weighted by Crippen LogP contribution is -2.61. The first-order chi connectivity index (χ1) is 9.82. The van der Waals surface area contributed by atoms with Crippen LogP contribution in [-0.4, -0.2) is 30.7 Å². The van der Waals surface area contributed by atoms with E-state index >= 15 is 0 Å². The van der Waals surface area contributed by atoms with Crippen LogP contribution >= 0.6 is 0 Å². The molecule has 5 nitrogen and oxygen atoms in total. The molecule has 2 unspecified atom stereocenters. The Balaban J connectivity index is 1.98. The van der Waals surface area contributed by atoms with E-state index in [1.807, 2.05) is 19.9 Å². The van der Waals surface area contributed by atoms with Crippen LogP contribution in [0.2, 0.25) is 0 Å². The van der Waals surface area contributed by atoms with Crippen molar-refractivity contribution in [2.45, 2.75) is 37.3 Å². The minimum Gasteiger partial charge on any atom is -0.392 e. The molecule has 1 aromatic heterocycles. The van der Waals surface area contributed by atoms with Gasteiger partial charge in [0.15, 0.2) is 0 Å². The number of hydrogen-bond acceptors (Lipinski definition) is 4. The summed E-state index contributed by atoms with van der Waals surface area (Å²) in [6.45, 7) is 3.72. The van der Waals surface area contributed by atoms with Crippen LogP contribution in [-0.2, 0) is 10.0 Å². The summed E-state index contributed by atoms with van der Waals surface area (Å²) in [4.78, 5) is 4.26. The molecule has 0 bridgehead atoms. The van der Waals surface area contributed by atoms with Gasteiger partial charge in [0.05, 0.1) is 11.0 Å². The fourth-order valence-corrected chi connectivity index (χ4v) is 4.32. The first-order valence-corrected chi connectivity index (χ1v) is 8.34. The lowest BCUT2D eigenvalue weighted by atomic mass is 9.65. The van der Waals surface area contributed by atoms with Crippen LogP contribution in [0.4, 0.5) is 0 Å². The molecule has 1 aliphatic rings. The third-order valence-corrected chi connectivity index (χ3v) is 5.97. The molecule has 1 aromatic carbocycles. The highest BCUT2D eigenvalue weighted by atomic mass is 32.2. The Kier molecular flexibility index (Phi) is 3.27. The van der Waals surface area contributed by atoms with E-state index in [-0.39, 0.29) is 10.9 Å². The van der Waals surface area contributed by atoms with Crippen molar-refractivity contribution < 1.29 is 13.5 Å². The first kappa shape index (κ1) is 14.4. The summed E-state index contributed by atoms with van der Waals surface area (Å²) in [7, 11) is -3.63. The van der Waals surface area contributed by atoms with Gasteiger partial charge in [-0.15, -0.1) is 0 Å². The molecule has 0 spiro atoms. The molecule has 1 heterocycles. The molecule has 1 fully saturated rings. The molecule has 3 rings (SSSR count). The predicted molar refractivity (Wildman–Crippen MR) is 80.3 cm³/mol. The summed E-state index contributed by atoms with van der Waals surface area (Å²) < 4.78 is 28.0. The number of fused-ring (bicyclic) bond motifs is 1. The maximum atomic E-state index is 12.6. The minimum atomic E-state index is -3.63. The van der Waals surface area contributed by atoms with E-state index in [1.165, 1.54) is 0 Å². The van der Waals surface area contributed by atoms with Gasteiger partial charge in [-0.2, -0.15) is 0 Å². The SMILES string of the molecule is CC1(C)C(O)CC1NS(=O)(=O)c1cccc2cnccc12. The number of aliphatic hydroxyl groups excluding tert-OH is 1. The van der Waals surface area contributed by atoms with Gasteiger partial charge in [0, 0.05) is 34.6 Å². The maximum Gasteiger partial charge on any atom is 0.241 e. The van der Waals surface area contributed by atoms with E-state index in [9.17, 15) is 13.5 Å². The average molecular weight is 306 g/mol. The third kappa shape index (κ3) is 2.33. The zero-order valence-electron chi connectivity index (χ0n) is 11.9. The Bertz CT molecular complexity index is 781. The monoisotopic (exact) mass is 306 g/mol. The van der Waals surface area contributed by atoms with Crippen LogP contribution in [0.1, 0.15) is 20.3 Å². The topological polar surface area (TPSA) is 79.3 Å². The zero-order valence-corrected chi connectivity index (χ0v) is 12.8. The Labute approximate surface area is 124 Å². The Morgan fingerprint density at radius 1 is 1.33 bits per heavy atom. The van der Waals surface area contributed by atoms with Crippen LogP contribution in [0.5, 0.6) is 0 Å². The number of aliphatic hydroxyl groups is 1. The van der Waals surface area contributed by atoms with Crippen LogP contribution in [0.15, 0.2) is 41.6 Å². The number of nitrogens with one attached hydrogen (secondary N) is 1. The summed E-state index contributed by atoms with van der Waals surface area (Å²) in [6, 6.07) is 6.57. The molecule has 6 heteroatoms. The van der Waals surface area contributed by atoms with Gasteiger partial charge >= 0.3 is 0 Å². The van der Waals surface area contributed by atoms with Gasteiger partial charge in [-0.3, -0.25) is 4.98 Å². The summed E-state index contributed by atoms with van der Waals surface area (Å²) in [5.41, 5.74) is -0.445. The predicted octanol–water partition coefficient (Wildman–Crippen LogP) is 1.67. The highest BCUT2D eigenvalue weighted by molar-refractivity contribution is 7.89. The van der Waals surface area contributed by atoms with Gasteiger partial charge in [0.1, 0.15) is 0 Å². The largest absolute Gasteiger partial charge is 0.392 e. The molecule has 0 aliphatic heterocycles. The third-order valence-electron chi connectivity index (χ3n) is 4.44. The fraction of sp³-hybridized carbons (Fsp3) is 0.400. The van der Waals surface area contributed by atoms with Crippen molar-refractivity contribution in [3.05, 3.63) is 36.7 Å². The van der Waals surface area contributed by atoms with E-state index in [0.29, 0.717) is 11.8 Å². The number of pyridine rings is 1. The Morgan fingerprint density at radius 2 is 2.10 bits per heavy atom. The smallest absolute Gasteiger partial charge is 0.241 e. The number of nitrogens with zero attached hydrogens (tertiary/aromatic N) is 1. The number of benzene rings is 1. The van der Waals surface area contributed by atoms with Gasteiger partial charge in [0.2, 0.25) is 10.0 Å². The minimum absolute atomic E-state index is 0.250. The number of sulfonamides is 1. The molecule has 2 aromatic rings. The molecule has 1 aliphatic carbocycles. The second-order valence-corrected chi connectivity index (χ2v) is 7.78. The molecule has 1 saturated carbocycles. The standard InChI is InChI=1S/C15H18N2O3S/c1-15(2)13(8-14(15)18)17-21(19,20)12-5-3-4-10-9-16-7-6-11(10)12/h3-7,9,13-14,17-18H,8H2,1-2H3. The molecule has 21 heavy (non-hydrogen) atoms. The van der Waals surface area contributed by atoms with E-state index in [2.05, 4.69) is 9.71 Å². The second kappa shape index (κ2) is 4.76. The van der Waals surface area contributed by atoms with Gasteiger partial charge in [0.25, 0.3) is 0 Å². The van der Waals surface area contributed by atoms with Crippen molar-refractivity contribution in [3.63, 3.8) is 0 Å². The quantitative estimate of drug-likeness (QED) is 0.904. The number of hydrogen-bond donors (Lipinski definition) is 2. The highest BCUT2D eigenvalue weighted by Gasteiger charge is 2.49. The van der Waals surface area contributed by atoms with Crippen molar-refractivity contribution in [3.8, 4) is 0 Å². The van der Waals surface area contributed by atoms with Crippen molar-refractivity contribution in [2.24, 2.45) is 5.41 Å². The lowest BCUT2D eigenvalue weighted by Gasteiger charge is -2.49. The highest BCUT2D eigenvalue weighted by Crippen LogP contribution is 2.41. The van der Waals surface area contributed by atoms with E-state index < -0.39 is 21.5 Å². The molecule has 0 radical (unpaired) electrons. The van der Waals surface area contributed by atoms with Gasteiger partial charge in [-0.05, 0) is 18.6 Å². The molecule has 112 valence electrons. The second-order valence-electron chi connectivity index (χ2n) is 6.10. The van der Waals surface area contributed by atoms with Gasteiger partial charge in [-0.25, -0.2) is 13.1 Å². The van der Waals surface area contributed by atoms with Gasteiger partial charge in [-0.1, -0.05) is 26.0 Å². The molecule has 0 saturated heterocycles. The van der Waals surface area contributed by atoms with Crippen molar-refractivity contribution >= 4 is 20.8 Å². The molecule has 2 N–H and O–H groups in total. The van der Waals surface area contributed by atoms with Gasteiger partial charge < -0.3 is 5.11 Å². The van der Waals surface area contributed by atoms with Crippen molar-refractivity contribution in [1.82, 2.24) is 9.71 Å². The summed E-state index contributed by atoms with van der Waals surface area (Å²) >= 11 is 0.